The minimum Gasteiger partial charge on any atom is -0.475 e. The topological polar surface area (TPSA) is 109 Å². The molecule has 7 heteroatoms. The van der Waals surface area contributed by atoms with E-state index in [1.165, 1.54) is 12.1 Å². The molecule has 1 aliphatic rings. The van der Waals surface area contributed by atoms with Crippen LogP contribution in [0.25, 0.3) is 0 Å². The largest absolute Gasteiger partial charge is 0.475 e. The average Bonchev–Trinajstić information content (AvgIpc) is 2.97. The summed E-state index contributed by atoms with van der Waals surface area (Å²) < 4.78 is 4.98. The fraction of sp³-hybridized carbons (Fsp3) is 0.562. The van der Waals surface area contributed by atoms with Crippen molar-refractivity contribution >= 4 is 17.8 Å². The van der Waals surface area contributed by atoms with Gasteiger partial charge in [-0.3, -0.25) is 9.59 Å². The van der Waals surface area contributed by atoms with Crippen molar-refractivity contribution in [3.8, 4) is 0 Å². The smallest absolute Gasteiger partial charge is 0.371 e. The minimum atomic E-state index is -1.22. The summed E-state index contributed by atoms with van der Waals surface area (Å²) in [5, 5.41) is 14.5. The second-order valence-corrected chi connectivity index (χ2v) is 6.17. The molecule has 2 unspecified atom stereocenters. The third-order valence-corrected chi connectivity index (χ3v) is 3.85. The Bertz CT molecular complexity index is 593. The van der Waals surface area contributed by atoms with E-state index in [1.54, 1.807) is 0 Å². The Morgan fingerprint density at radius 3 is 2.52 bits per heavy atom. The molecule has 1 saturated carbocycles. The number of aromatic carboxylic acids is 1. The van der Waals surface area contributed by atoms with Crippen LogP contribution in [-0.2, 0) is 4.79 Å². The van der Waals surface area contributed by atoms with Gasteiger partial charge < -0.3 is 20.2 Å². The Morgan fingerprint density at radius 1 is 1.22 bits per heavy atom. The molecule has 1 aromatic heterocycles. The number of carbonyl (C=O) groups excluding carboxylic acids is 2. The number of hydrogen-bond donors (Lipinski definition) is 3. The zero-order valence-corrected chi connectivity index (χ0v) is 13.3. The molecule has 2 atom stereocenters. The van der Waals surface area contributed by atoms with E-state index in [0.717, 1.165) is 19.3 Å². The van der Waals surface area contributed by atoms with Gasteiger partial charge in [-0.15, -0.1) is 0 Å². The molecule has 0 spiro atoms. The highest BCUT2D eigenvalue weighted by molar-refractivity contribution is 5.93. The van der Waals surface area contributed by atoms with Crippen LogP contribution in [0.1, 0.15) is 60.6 Å². The van der Waals surface area contributed by atoms with Gasteiger partial charge in [-0.05, 0) is 45.2 Å². The molecule has 0 bridgehead atoms. The van der Waals surface area contributed by atoms with Gasteiger partial charge in [0.05, 0.1) is 0 Å². The molecule has 23 heavy (non-hydrogen) atoms. The number of carbonyl (C=O) groups is 3. The van der Waals surface area contributed by atoms with Crippen LogP contribution in [0.2, 0.25) is 0 Å². The van der Waals surface area contributed by atoms with Gasteiger partial charge in [0, 0.05) is 18.0 Å². The van der Waals surface area contributed by atoms with Gasteiger partial charge >= 0.3 is 5.97 Å². The highest BCUT2D eigenvalue weighted by atomic mass is 16.4. The summed E-state index contributed by atoms with van der Waals surface area (Å²) in [4.78, 5) is 34.9. The summed E-state index contributed by atoms with van der Waals surface area (Å²) in [6.45, 7) is 3.83. The maximum absolute atomic E-state index is 12.1. The molecular formula is C16H22N2O5. The zero-order valence-electron chi connectivity index (χ0n) is 13.3. The summed E-state index contributed by atoms with van der Waals surface area (Å²) in [6, 6.07) is 2.56. The molecule has 3 N–H and O–H groups in total. The number of nitrogens with one attached hydrogen (secondary N) is 2. The first-order valence-corrected chi connectivity index (χ1v) is 7.81. The lowest BCUT2D eigenvalue weighted by Crippen LogP contribution is -2.43. The summed E-state index contributed by atoms with van der Waals surface area (Å²) in [7, 11) is 0. The predicted molar refractivity (Wildman–Crippen MR) is 82.2 cm³/mol. The van der Waals surface area contributed by atoms with Crippen molar-refractivity contribution in [1.82, 2.24) is 10.6 Å². The van der Waals surface area contributed by atoms with Gasteiger partial charge in [0.1, 0.15) is 0 Å². The van der Waals surface area contributed by atoms with Crippen molar-refractivity contribution in [3.05, 3.63) is 23.7 Å². The van der Waals surface area contributed by atoms with Crippen molar-refractivity contribution in [2.45, 2.75) is 51.6 Å². The molecule has 1 aliphatic carbocycles. The first-order chi connectivity index (χ1) is 10.9. The minimum absolute atomic E-state index is 0.0186. The fourth-order valence-electron chi connectivity index (χ4n) is 2.79. The maximum Gasteiger partial charge on any atom is 0.371 e. The second kappa shape index (κ2) is 7.30. The first kappa shape index (κ1) is 17.1. The van der Waals surface area contributed by atoms with Crippen LogP contribution in [0, 0.1) is 5.92 Å². The average molecular weight is 322 g/mol. The van der Waals surface area contributed by atoms with E-state index in [0.29, 0.717) is 6.42 Å². The van der Waals surface area contributed by atoms with E-state index in [9.17, 15) is 14.4 Å². The van der Waals surface area contributed by atoms with Crippen LogP contribution in [-0.4, -0.2) is 35.0 Å². The molecule has 126 valence electrons. The SMILES string of the molecule is CC(C)NC(=O)C1CCCC(NC(=O)c2ccc(C(=O)O)o2)C1. The Kier molecular flexibility index (Phi) is 5.41. The van der Waals surface area contributed by atoms with Crippen LogP contribution >= 0.6 is 0 Å². The number of furan rings is 1. The van der Waals surface area contributed by atoms with Gasteiger partial charge in [-0.25, -0.2) is 4.79 Å². The molecule has 0 radical (unpaired) electrons. The quantitative estimate of drug-likeness (QED) is 0.766. The van der Waals surface area contributed by atoms with E-state index < -0.39 is 11.9 Å². The highest BCUT2D eigenvalue weighted by Gasteiger charge is 2.29. The standard InChI is InChI=1S/C16H22N2O5/c1-9(2)17-14(19)10-4-3-5-11(8-10)18-15(20)12-6-7-13(23-12)16(21)22/h6-7,9-11H,3-5,8H2,1-2H3,(H,17,19)(H,18,20)(H,21,22). The molecule has 0 saturated heterocycles. The Labute approximate surface area is 134 Å². The van der Waals surface area contributed by atoms with Crippen LogP contribution in [0.3, 0.4) is 0 Å². The van der Waals surface area contributed by atoms with Crippen LogP contribution in [0.15, 0.2) is 16.5 Å². The van der Waals surface area contributed by atoms with E-state index in [-0.39, 0.29) is 35.4 Å². The number of hydrogen-bond acceptors (Lipinski definition) is 4. The van der Waals surface area contributed by atoms with Crippen molar-refractivity contribution in [3.63, 3.8) is 0 Å². The molecule has 2 amide bonds. The Morgan fingerprint density at radius 2 is 1.91 bits per heavy atom. The third-order valence-electron chi connectivity index (χ3n) is 3.85. The van der Waals surface area contributed by atoms with E-state index >= 15 is 0 Å². The fourth-order valence-corrected chi connectivity index (χ4v) is 2.79. The van der Waals surface area contributed by atoms with Crippen LogP contribution < -0.4 is 10.6 Å². The predicted octanol–water partition coefficient (Wildman–Crippen LogP) is 1.79. The summed E-state index contributed by atoms with van der Waals surface area (Å²) in [5.41, 5.74) is 0. The molecule has 2 rings (SSSR count). The molecule has 7 nitrogen and oxygen atoms in total. The maximum atomic E-state index is 12.1. The van der Waals surface area contributed by atoms with E-state index in [2.05, 4.69) is 10.6 Å². The van der Waals surface area contributed by atoms with Gasteiger partial charge in [-0.2, -0.15) is 0 Å². The Hall–Kier alpha value is -2.31. The zero-order chi connectivity index (χ0) is 17.0. The number of rotatable bonds is 5. The first-order valence-electron chi connectivity index (χ1n) is 7.81. The molecular weight excluding hydrogens is 300 g/mol. The Balaban J connectivity index is 1.92. The second-order valence-electron chi connectivity index (χ2n) is 6.17. The van der Waals surface area contributed by atoms with Crippen LogP contribution in [0.4, 0.5) is 0 Å². The van der Waals surface area contributed by atoms with E-state index in [1.807, 2.05) is 13.8 Å². The number of amides is 2. The summed E-state index contributed by atoms with van der Waals surface area (Å²) in [5.74, 6) is -2.06. The summed E-state index contributed by atoms with van der Waals surface area (Å²) >= 11 is 0. The molecule has 0 aliphatic heterocycles. The summed E-state index contributed by atoms with van der Waals surface area (Å²) in [6.07, 6.45) is 3.05. The van der Waals surface area contributed by atoms with Crippen molar-refractivity contribution in [1.29, 1.82) is 0 Å². The molecule has 1 aromatic rings. The molecule has 1 heterocycles. The normalized spacial score (nSPS) is 21.0. The lowest BCUT2D eigenvalue weighted by atomic mass is 9.85. The van der Waals surface area contributed by atoms with Gasteiger partial charge in [-0.1, -0.05) is 6.42 Å². The third kappa shape index (κ3) is 4.58. The van der Waals surface area contributed by atoms with Gasteiger partial charge in [0.15, 0.2) is 5.76 Å². The monoisotopic (exact) mass is 322 g/mol. The lowest BCUT2D eigenvalue weighted by molar-refractivity contribution is -0.126. The van der Waals surface area contributed by atoms with Gasteiger partial charge in [0.25, 0.3) is 5.91 Å². The van der Waals surface area contributed by atoms with Gasteiger partial charge in [0.2, 0.25) is 11.7 Å². The highest BCUT2D eigenvalue weighted by Crippen LogP contribution is 2.25. The molecule has 1 fully saturated rings. The van der Waals surface area contributed by atoms with Crippen molar-refractivity contribution in [2.24, 2.45) is 5.92 Å². The number of carboxylic acid groups (broad SMARTS) is 1. The lowest BCUT2D eigenvalue weighted by Gasteiger charge is -2.29. The van der Waals surface area contributed by atoms with E-state index in [4.69, 9.17) is 9.52 Å². The number of carboxylic acids is 1. The molecule has 0 aromatic carbocycles. The van der Waals surface area contributed by atoms with Crippen molar-refractivity contribution < 1.29 is 23.9 Å². The van der Waals surface area contributed by atoms with Crippen LogP contribution in [0.5, 0.6) is 0 Å². The van der Waals surface area contributed by atoms with Crippen molar-refractivity contribution in [2.75, 3.05) is 0 Å².